The molecule has 0 unspecified atom stereocenters. The highest BCUT2D eigenvalue weighted by molar-refractivity contribution is 7.13. The minimum atomic E-state index is -0.109. The maximum absolute atomic E-state index is 12.3. The van der Waals surface area contributed by atoms with E-state index in [9.17, 15) is 4.79 Å². The number of carbonyl (C=O) groups is 1. The minimum absolute atomic E-state index is 0.109. The molecule has 0 saturated heterocycles. The van der Waals surface area contributed by atoms with E-state index in [0.29, 0.717) is 30.4 Å². The average Bonchev–Trinajstić information content (AvgIpc) is 3.10. The summed E-state index contributed by atoms with van der Waals surface area (Å²) in [4.78, 5) is 16.9. The molecule has 1 aromatic heterocycles. The van der Waals surface area contributed by atoms with Crippen LogP contribution in [0.2, 0.25) is 0 Å². The Morgan fingerprint density at radius 2 is 2.00 bits per heavy atom. The van der Waals surface area contributed by atoms with Gasteiger partial charge in [-0.1, -0.05) is 23.8 Å². The lowest BCUT2D eigenvalue weighted by molar-refractivity contribution is -0.115. The lowest BCUT2D eigenvalue weighted by atomic mass is 10.1. The lowest BCUT2D eigenvalue weighted by Crippen LogP contribution is -2.17. The summed E-state index contributed by atoms with van der Waals surface area (Å²) in [6.07, 6.45) is 0.233. The molecule has 26 heavy (non-hydrogen) atoms. The molecular weight excluding hydrogens is 348 g/mol. The van der Waals surface area contributed by atoms with Crippen LogP contribution in [0.4, 0.5) is 5.69 Å². The maximum atomic E-state index is 12.3. The summed E-state index contributed by atoms with van der Waals surface area (Å²) < 4.78 is 11.0. The van der Waals surface area contributed by atoms with Crippen molar-refractivity contribution in [2.45, 2.75) is 13.3 Å². The number of nitrogens with one attached hydrogen (secondary N) is 1. The largest absolute Gasteiger partial charge is 0.486 e. The summed E-state index contributed by atoms with van der Waals surface area (Å²) in [5.41, 5.74) is 3.72. The predicted octanol–water partition coefficient (Wildman–Crippen LogP) is 4.07. The van der Waals surface area contributed by atoms with E-state index < -0.39 is 0 Å². The van der Waals surface area contributed by atoms with Gasteiger partial charge in [-0.3, -0.25) is 4.79 Å². The van der Waals surface area contributed by atoms with Gasteiger partial charge in [0, 0.05) is 22.7 Å². The second-order valence-corrected chi connectivity index (χ2v) is 6.95. The van der Waals surface area contributed by atoms with E-state index in [1.807, 2.05) is 29.6 Å². The van der Waals surface area contributed by atoms with E-state index in [1.165, 1.54) is 5.56 Å². The molecule has 1 aliphatic heterocycles. The standard InChI is InChI=1S/C20H18N2O3S/c1-13-3-2-4-14(9-13)20-22-16(12-26-20)11-19(23)21-15-5-6-17-18(10-15)25-8-7-24-17/h2-6,9-10,12H,7-8,11H2,1H3,(H,21,23). The van der Waals surface area contributed by atoms with Crippen molar-refractivity contribution < 1.29 is 14.3 Å². The highest BCUT2D eigenvalue weighted by Crippen LogP contribution is 2.32. The van der Waals surface area contributed by atoms with Gasteiger partial charge < -0.3 is 14.8 Å². The SMILES string of the molecule is Cc1cccc(-c2nc(CC(=O)Nc3ccc4c(c3)OCCO4)cs2)c1. The van der Waals surface area contributed by atoms with Crippen molar-refractivity contribution in [1.82, 2.24) is 4.98 Å². The van der Waals surface area contributed by atoms with E-state index in [2.05, 4.69) is 29.4 Å². The molecule has 2 aromatic carbocycles. The monoisotopic (exact) mass is 366 g/mol. The number of thiazole rings is 1. The second kappa shape index (κ2) is 7.17. The third kappa shape index (κ3) is 3.70. The fraction of sp³-hybridized carbons (Fsp3) is 0.200. The number of carbonyl (C=O) groups excluding carboxylic acids is 1. The van der Waals surface area contributed by atoms with Crippen molar-refractivity contribution in [2.24, 2.45) is 0 Å². The average molecular weight is 366 g/mol. The van der Waals surface area contributed by atoms with Gasteiger partial charge >= 0.3 is 0 Å². The third-order valence-electron chi connectivity index (χ3n) is 3.98. The van der Waals surface area contributed by atoms with Crippen LogP contribution in [-0.2, 0) is 11.2 Å². The molecular formula is C20H18N2O3S. The molecule has 0 fully saturated rings. The van der Waals surface area contributed by atoms with Gasteiger partial charge in [0.05, 0.1) is 12.1 Å². The van der Waals surface area contributed by atoms with Crippen molar-refractivity contribution in [3.8, 4) is 22.1 Å². The first-order valence-electron chi connectivity index (χ1n) is 8.38. The predicted molar refractivity (Wildman–Crippen MR) is 102 cm³/mol. The second-order valence-electron chi connectivity index (χ2n) is 6.10. The Morgan fingerprint density at radius 1 is 1.15 bits per heavy atom. The molecule has 0 spiro atoms. The molecule has 6 heteroatoms. The number of rotatable bonds is 4. The summed E-state index contributed by atoms with van der Waals surface area (Å²) in [5.74, 6) is 1.25. The smallest absolute Gasteiger partial charge is 0.230 e. The Hall–Kier alpha value is -2.86. The number of hydrogen-bond acceptors (Lipinski definition) is 5. The Balaban J connectivity index is 1.42. The molecule has 5 nitrogen and oxygen atoms in total. The van der Waals surface area contributed by atoms with Crippen LogP contribution >= 0.6 is 11.3 Å². The lowest BCUT2D eigenvalue weighted by Gasteiger charge is -2.18. The molecule has 1 N–H and O–H groups in total. The first-order chi connectivity index (χ1) is 12.7. The number of benzene rings is 2. The number of hydrogen-bond donors (Lipinski definition) is 1. The molecule has 1 aliphatic rings. The molecule has 1 amide bonds. The van der Waals surface area contributed by atoms with Crippen molar-refractivity contribution >= 4 is 22.9 Å². The highest BCUT2D eigenvalue weighted by Gasteiger charge is 2.14. The summed E-state index contributed by atoms with van der Waals surface area (Å²) >= 11 is 1.55. The molecule has 0 bridgehead atoms. The Labute approximate surface area is 155 Å². The van der Waals surface area contributed by atoms with Crippen LogP contribution in [0, 0.1) is 6.92 Å². The van der Waals surface area contributed by atoms with E-state index in [1.54, 1.807) is 17.4 Å². The fourth-order valence-corrected chi connectivity index (χ4v) is 3.61. The number of fused-ring (bicyclic) bond motifs is 1. The maximum Gasteiger partial charge on any atom is 0.230 e. The van der Waals surface area contributed by atoms with Gasteiger partial charge in [-0.2, -0.15) is 0 Å². The highest BCUT2D eigenvalue weighted by atomic mass is 32.1. The van der Waals surface area contributed by atoms with Crippen LogP contribution in [0.5, 0.6) is 11.5 Å². The number of aryl methyl sites for hydroxylation is 1. The minimum Gasteiger partial charge on any atom is -0.486 e. The summed E-state index contributed by atoms with van der Waals surface area (Å²) in [7, 11) is 0. The van der Waals surface area contributed by atoms with Crippen LogP contribution in [0.1, 0.15) is 11.3 Å². The van der Waals surface area contributed by atoms with Crippen molar-refractivity contribution in [3.63, 3.8) is 0 Å². The van der Waals surface area contributed by atoms with E-state index in [4.69, 9.17) is 9.47 Å². The van der Waals surface area contributed by atoms with Gasteiger partial charge in [-0.05, 0) is 25.1 Å². The topological polar surface area (TPSA) is 60.5 Å². The van der Waals surface area contributed by atoms with E-state index >= 15 is 0 Å². The zero-order valence-electron chi connectivity index (χ0n) is 14.3. The zero-order valence-corrected chi connectivity index (χ0v) is 15.1. The Bertz CT molecular complexity index is 952. The molecule has 0 aliphatic carbocycles. The summed E-state index contributed by atoms with van der Waals surface area (Å²) in [5, 5.41) is 5.75. The van der Waals surface area contributed by atoms with Crippen LogP contribution in [0.15, 0.2) is 47.8 Å². The number of ether oxygens (including phenoxy) is 2. The van der Waals surface area contributed by atoms with Crippen LogP contribution < -0.4 is 14.8 Å². The summed E-state index contributed by atoms with van der Waals surface area (Å²) in [6.45, 7) is 3.12. The van der Waals surface area contributed by atoms with Gasteiger partial charge in [0.1, 0.15) is 18.2 Å². The number of nitrogens with zero attached hydrogens (tertiary/aromatic N) is 1. The Kier molecular flexibility index (Phi) is 4.58. The van der Waals surface area contributed by atoms with Gasteiger partial charge in [0.15, 0.2) is 11.5 Å². The molecule has 0 radical (unpaired) electrons. The quantitative estimate of drug-likeness (QED) is 0.756. The van der Waals surface area contributed by atoms with Crippen LogP contribution in [-0.4, -0.2) is 24.1 Å². The molecule has 132 valence electrons. The number of aromatic nitrogens is 1. The Morgan fingerprint density at radius 3 is 2.85 bits per heavy atom. The van der Waals surface area contributed by atoms with Crippen LogP contribution in [0.25, 0.3) is 10.6 Å². The van der Waals surface area contributed by atoms with Crippen LogP contribution in [0.3, 0.4) is 0 Å². The first-order valence-corrected chi connectivity index (χ1v) is 9.26. The first kappa shape index (κ1) is 16.6. The number of anilines is 1. The molecule has 3 aromatic rings. The number of amides is 1. The summed E-state index contributed by atoms with van der Waals surface area (Å²) in [6, 6.07) is 13.6. The van der Waals surface area contributed by atoms with Crippen molar-refractivity contribution in [3.05, 3.63) is 59.1 Å². The van der Waals surface area contributed by atoms with E-state index in [0.717, 1.165) is 16.3 Å². The van der Waals surface area contributed by atoms with Crippen molar-refractivity contribution in [2.75, 3.05) is 18.5 Å². The van der Waals surface area contributed by atoms with Gasteiger partial charge in [0.25, 0.3) is 0 Å². The third-order valence-corrected chi connectivity index (χ3v) is 4.92. The molecule has 0 saturated carbocycles. The molecule has 2 heterocycles. The van der Waals surface area contributed by atoms with Gasteiger partial charge in [-0.15, -0.1) is 11.3 Å². The zero-order chi connectivity index (χ0) is 17.9. The van der Waals surface area contributed by atoms with Crippen molar-refractivity contribution in [1.29, 1.82) is 0 Å². The molecule has 4 rings (SSSR count). The normalized spacial score (nSPS) is 12.7. The van der Waals surface area contributed by atoms with E-state index in [-0.39, 0.29) is 12.3 Å². The molecule has 0 atom stereocenters. The fourth-order valence-electron chi connectivity index (χ4n) is 2.79. The van der Waals surface area contributed by atoms with Gasteiger partial charge in [0.2, 0.25) is 5.91 Å². The van der Waals surface area contributed by atoms with Gasteiger partial charge in [-0.25, -0.2) is 4.98 Å².